The first-order valence-electron chi connectivity index (χ1n) is 3.53. The first-order valence-corrected chi connectivity index (χ1v) is 3.53. The molecular weight excluding hydrogens is 178 g/mol. The Morgan fingerprint density at radius 1 is 1.15 bits per heavy atom. The van der Waals surface area contributed by atoms with Gasteiger partial charge in [-0.15, -0.1) is 0 Å². The third-order valence-corrected chi connectivity index (χ3v) is 0.758. The van der Waals surface area contributed by atoms with Crippen molar-refractivity contribution in [2.24, 2.45) is 5.73 Å². The lowest BCUT2D eigenvalue weighted by molar-refractivity contribution is -0.140. The predicted molar refractivity (Wildman–Crippen MR) is 44.2 cm³/mol. The summed E-state index contributed by atoms with van der Waals surface area (Å²) in [4.78, 5) is 29.0. The van der Waals surface area contributed by atoms with Gasteiger partial charge in [0.15, 0.2) is 0 Å². The number of hydrogen-bond donors (Lipinski definition) is 3. The largest absolute Gasteiger partial charge is 0.481 e. The summed E-state index contributed by atoms with van der Waals surface area (Å²) >= 11 is 0. The van der Waals surface area contributed by atoms with Crippen molar-refractivity contribution in [2.45, 2.75) is 19.8 Å². The second-order valence-electron chi connectivity index (χ2n) is 2.20. The molecule has 13 heavy (non-hydrogen) atoms. The van der Waals surface area contributed by atoms with Crippen LogP contribution in [0.5, 0.6) is 0 Å². The van der Waals surface area contributed by atoms with Gasteiger partial charge in [-0.05, 0) is 6.92 Å². The van der Waals surface area contributed by atoms with Crippen LogP contribution in [0.2, 0.25) is 0 Å². The van der Waals surface area contributed by atoms with Gasteiger partial charge < -0.3 is 15.9 Å². The van der Waals surface area contributed by atoms with E-state index in [0.717, 1.165) is 0 Å². The van der Waals surface area contributed by atoms with Crippen LogP contribution in [0.1, 0.15) is 19.8 Å². The van der Waals surface area contributed by atoms with E-state index in [-0.39, 0.29) is 25.2 Å². The normalized spacial score (nSPS) is 8.15. The molecule has 0 aliphatic rings. The number of carbonyl (C=O) groups is 3. The number of carbonyl (C=O) groups excluding carboxylic acids is 1. The third kappa shape index (κ3) is 25.0. The number of aliphatic carboxylic acids is 2. The molecule has 0 fully saturated rings. The lowest BCUT2D eigenvalue weighted by Crippen LogP contribution is -2.05. The lowest BCUT2D eigenvalue weighted by Gasteiger charge is -1.80. The van der Waals surface area contributed by atoms with Gasteiger partial charge in [0.05, 0.1) is 6.42 Å². The van der Waals surface area contributed by atoms with E-state index in [9.17, 15) is 14.4 Å². The van der Waals surface area contributed by atoms with Crippen LogP contribution in [0.15, 0.2) is 0 Å². The van der Waals surface area contributed by atoms with Gasteiger partial charge in [-0.25, -0.2) is 0 Å². The van der Waals surface area contributed by atoms with Crippen molar-refractivity contribution >= 4 is 17.7 Å². The van der Waals surface area contributed by atoms with Gasteiger partial charge in [0.1, 0.15) is 12.2 Å². The van der Waals surface area contributed by atoms with Gasteiger partial charge >= 0.3 is 11.9 Å². The molecule has 0 amide bonds. The molecule has 0 aromatic carbocycles. The van der Waals surface area contributed by atoms with Crippen LogP contribution < -0.4 is 5.73 Å². The van der Waals surface area contributed by atoms with E-state index in [1.165, 1.54) is 6.92 Å². The monoisotopic (exact) mass is 191 g/mol. The molecule has 6 heteroatoms. The summed E-state index contributed by atoms with van der Waals surface area (Å²) < 4.78 is 0. The molecule has 0 spiro atoms. The highest BCUT2D eigenvalue weighted by molar-refractivity contribution is 5.93. The molecule has 0 unspecified atom stereocenters. The van der Waals surface area contributed by atoms with E-state index in [2.05, 4.69) is 0 Å². The Bertz CT molecular complexity index is 177. The minimum atomic E-state index is -1.06. The highest BCUT2D eigenvalue weighted by Gasteiger charge is 1.98. The standard InChI is InChI=1S/C4H6O3.C3H7NO2/c1-3(5)2-4(6)7;4-2-1-3(5)6/h2H2,1H3,(H,6,7);1-2,4H2,(H,5,6). The molecule has 0 rings (SSSR count). The summed E-state index contributed by atoms with van der Waals surface area (Å²) in [5, 5.41) is 15.7. The molecule has 0 atom stereocenters. The number of ketones is 1. The summed E-state index contributed by atoms with van der Waals surface area (Å²) in [5.74, 6) is -2.21. The number of nitrogens with two attached hydrogens (primary N) is 1. The molecule has 0 bridgehead atoms. The molecule has 0 saturated carbocycles. The zero-order valence-corrected chi connectivity index (χ0v) is 7.32. The summed E-state index contributed by atoms with van der Waals surface area (Å²) in [6.07, 6.45) is -0.292. The van der Waals surface area contributed by atoms with Crippen LogP contribution in [-0.2, 0) is 14.4 Å². The average molecular weight is 191 g/mol. The Morgan fingerprint density at radius 3 is 1.62 bits per heavy atom. The van der Waals surface area contributed by atoms with Gasteiger partial charge in [0, 0.05) is 6.54 Å². The Balaban J connectivity index is 0. The molecule has 0 radical (unpaired) electrons. The quantitative estimate of drug-likeness (QED) is 0.514. The highest BCUT2D eigenvalue weighted by atomic mass is 16.4. The van der Waals surface area contributed by atoms with Crippen molar-refractivity contribution in [3.8, 4) is 0 Å². The first kappa shape index (κ1) is 14.1. The average Bonchev–Trinajstić information content (AvgIpc) is 1.83. The Kier molecular flexibility index (Phi) is 9.41. The number of Topliss-reactive ketones (excluding diaryl/α,β-unsaturated/α-hetero) is 1. The smallest absolute Gasteiger partial charge is 0.310 e. The molecule has 4 N–H and O–H groups in total. The van der Waals surface area contributed by atoms with E-state index in [4.69, 9.17) is 15.9 Å². The maximum atomic E-state index is 9.87. The van der Waals surface area contributed by atoms with Crippen molar-refractivity contribution < 1.29 is 24.6 Å². The Hall–Kier alpha value is -1.43. The number of carboxylic acids is 2. The van der Waals surface area contributed by atoms with E-state index < -0.39 is 11.9 Å². The molecule has 0 heterocycles. The molecule has 0 aliphatic heterocycles. The predicted octanol–water partition coefficient (Wildman–Crippen LogP) is -0.530. The fourth-order valence-electron chi connectivity index (χ4n) is 0.336. The zero-order chi connectivity index (χ0) is 10.9. The molecule has 6 nitrogen and oxygen atoms in total. The van der Waals surface area contributed by atoms with Crippen LogP contribution in [0.25, 0.3) is 0 Å². The second kappa shape index (κ2) is 8.66. The van der Waals surface area contributed by atoms with Gasteiger partial charge in [0.2, 0.25) is 0 Å². The third-order valence-electron chi connectivity index (χ3n) is 0.758. The van der Waals surface area contributed by atoms with Gasteiger partial charge in [-0.3, -0.25) is 14.4 Å². The summed E-state index contributed by atoms with van der Waals surface area (Å²) in [7, 11) is 0. The Morgan fingerprint density at radius 2 is 1.62 bits per heavy atom. The first-order chi connectivity index (χ1) is 5.90. The van der Waals surface area contributed by atoms with Gasteiger partial charge in [0.25, 0.3) is 0 Å². The fourth-order valence-corrected chi connectivity index (χ4v) is 0.336. The maximum Gasteiger partial charge on any atom is 0.310 e. The molecule has 0 aliphatic carbocycles. The molecule has 76 valence electrons. The van der Waals surface area contributed by atoms with Gasteiger partial charge in [-0.1, -0.05) is 0 Å². The van der Waals surface area contributed by atoms with Crippen molar-refractivity contribution in [2.75, 3.05) is 6.54 Å². The maximum absolute atomic E-state index is 9.87. The van der Waals surface area contributed by atoms with Crippen LogP contribution in [0.4, 0.5) is 0 Å². The van der Waals surface area contributed by atoms with Crippen molar-refractivity contribution in [3.05, 3.63) is 0 Å². The van der Waals surface area contributed by atoms with Crippen LogP contribution >= 0.6 is 0 Å². The summed E-state index contributed by atoms with van der Waals surface area (Å²) in [5.41, 5.74) is 4.85. The molecule has 0 saturated heterocycles. The van der Waals surface area contributed by atoms with Crippen molar-refractivity contribution in [1.82, 2.24) is 0 Å². The van der Waals surface area contributed by atoms with E-state index in [0.29, 0.717) is 0 Å². The van der Waals surface area contributed by atoms with Crippen LogP contribution in [0.3, 0.4) is 0 Å². The molecular formula is C7H13NO5. The van der Waals surface area contributed by atoms with E-state index >= 15 is 0 Å². The minimum absolute atomic E-state index is 0.0694. The fraction of sp³-hybridized carbons (Fsp3) is 0.571. The topological polar surface area (TPSA) is 118 Å². The summed E-state index contributed by atoms with van der Waals surface area (Å²) in [6.45, 7) is 1.48. The minimum Gasteiger partial charge on any atom is -0.481 e. The number of rotatable bonds is 4. The number of carboxylic acid groups (broad SMARTS) is 2. The molecule has 0 aromatic rings. The second-order valence-corrected chi connectivity index (χ2v) is 2.20. The van der Waals surface area contributed by atoms with Crippen LogP contribution in [0, 0.1) is 0 Å². The zero-order valence-electron chi connectivity index (χ0n) is 7.32. The van der Waals surface area contributed by atoms with E-state index in [1.807, 2.05) is 0 Å². The van der Waals surface area contributed by atoms with Gasteiger partial charge in [-0.2, -0.15) is 0 Å². The summed E-state index contributed by atoms with van der Waals surface area (Å²) in [6, 6.07) is 0. The number of hydrogen-bond acceptors (Lipinski definition) is 4. The van der Waals surface area contributed by atoms with E-state index in [1.54, 1.807) is 0 Å². The Labute approximate surface area is 75.3 Å². The van der Waals surface area contributed by atoms with Crippen LogP contribution in [-0.4, -0.2) is 34.5 Å². The molecule has 0 aromatic heterocycles. The lowest BCUT2D eigenvalue weighted by atomic mass is 10.3. The SMILES string of the molecule is CC(=O)CC(=O)O.NCCC(=O)O. The van der Waals surface area contributed by atoms with Crippen molar-refractivity contribution in [3.63, 3.8) is 0 Å². The van der Waals surface area contributed by atoms with Crippen molar-refractivity contribution in [1.29, 1.82) is 0 Å². The highest BCUT2D eigenvalue weighted by Crippen LogP contribution is 1.77.